The number of benzene rings is 1. The Kier molecular flexibility index (Phi) is 5.70. The molecule has 0 aromatic heterocycles. The zero-order valence-corrected chi connectivity index (χ0v) is 10.7. The summed E-state index contributed by atoms with van der Waals surface area (Å²) in [5.74, 6) is -0.184. The van der Waals surface area contributed by atoms with Crippen LogP contribution < -0.4 is 16.0 Å². The molecule has 0 unspecified atom stereocenters. The van der Waals surface area contributed by atoms with Gasteiger partial charge in [0.15, 0.2) is 0 Å². The second-order valence-electron chi connectivity index (χ2n) is 4.02. The normalized spacial score (nSPS) is 9.67. The Morgan fingerprint density at radius 2 is 1.78 bits per heavy atom. The topological polar surface area (TPSA) is 70.2 Å². The highest BCUT2D eigenvalue weighted by molar-refractivity contribution is 5.92. The highest BCUT2D eigenvalue weighted by atomic mass is 16.2. The molecule has 0 atom stereocenters. The van der Waals surface area contributed by atoms with Crippen LogP contribution in [0, 0.1) is 6.92 Å². The lowest BCUT2D eigenvalue weighted by Crippen LogP contribution is -2.39. The Hall–Kier alpha value is -2.04. The summed E-state index contributed by atoms with van der Waals surface area (Å²) < 4.78 is 0. The molecule has 0 fully saturated rings. The second-order valence-corrected chi connectivity index (χ2v) is 4.02. The maximum Gasteiger partial charge on any atom is 0.319 e. The molecule has 0 saturated heterocycles. The Labute approximate surface area is 107 Å². The first-order chi connectivity index (χ1) is 8.61. The summed E-state index contributed by atoms with van der Waals surface area (Å²) in [6.45, 7) is 4.55. The van der Waals surface area contributed by atoms with Crippen molar-refractivity contribution in [2.45, 2.75) is 20.3 Å². The van der Waals surface area contributed by atoms with Gasteiger partial charge in [0, 0.05) is 12.2 Å². The van der Waals surface area contributed by atoms with Crippen molar-refractivity contribution in [2.75, 3.05) is 18.4 Å². The molecule has 0 aliphatic carbocycles. The van der Waals surface area contributed by atoms with Gasteiger partial charge in [-0.25, -0.2) is 4.79 Å². The van der Waals surface area contributed by atoms with Gasteiger partial charge in [-0.15, -0.1) is 0 Å². The first-order valence-corrected chi connectivity index (χ1v) is 6.00. The predicted octanol–water partition coefficient (Wildman–Crippen LogP) is 1.64. The molecule has 98 valence electrons. The van der Waals surface area contributed by atoms with Crippen LogP contribution in [0.1, 0.15) is 18.9 Å². The highest BCUT2D eigenvalue weighted by Gasteiger charge is 2.04. The van der Waals surface area contributed by atoms with Crippen LogP contribution >= 0.6 is 0 Å². The summed E-state index contributed by atoms with van der Waals surface area (Å²) in [5, 5.41) is 7.82. The second kappa shape index (κ2) is 7.32. The lowest BCUT2D eigenvalue weighted by molar-refractivity contribution is -0.120. The van der Waals surface area contributed by atoms with E-state index in [1.54, 1.807) is 0 Å². The van der Waals surface area contributed by atoms with Crippen molar-refractivity contribution in [1.82, 2.24) is 10.6 Å². The Balaban J connectivity index is 2.29. The molecule has 3 N–H and O–H groups in total. The monoisotopic (exact) mass is 249 g/mol. The molecule has 18 heavy (non-hydrogen) atoms. The van der Waals surface area contributed by atoms with Crippen molar-refractivity contribution in [3.63, 3.8) is 0 Å². The molecule has 0 aliphatic rings. The average molecular weight is 249 g/mol. The molecule has 0 heterocycles. The van der Waals surface area contributed by atoms with Gasteiger partial charge in [-0.2, -0.15) is 0 Å². The van der Waals surface area contributed by atoms with E-state index in [1.165, 1.54) is 0 Å². The van der Waals surface area contributed by atoms with Crippen LogP contribution in [0.15, 0.2) is 24.3 Å². The van der Waals surface area contributed by atoms with E-state index in [-0.39, 0.29) is 18.5 Å². The Morgan fingerprint density at radius 1 is 1.11 bits per heavy atom. The third-order valence-electron chi connectivity index (χ3n) is 2.29. The van der Waals surface area contributed by atoms with Crippen LogP contribution in [0.3, 0.4) is 0 Å². The zero-order valence-electron chi connectivity index (χ0n) is 10.7. The van der Waals surface area contributed by atoms with Crippen molar-refractivity contribution in [1.29, 1.82) is 0 Å². The number of carbonyl (C=O) groups excluding carboxylic acids is 2. The quantitative estimate of drug-likeness (QED) is 0.742. The van der Waals surface area contributed by atoms with Crippen molar-refractivity contribution >= 4 is 17.6 Å². The number of nitrogens with one attached hydrogen (secondary N) is 3. The summed E-state index contributed by atoms with van der Waals surface area (Å²) in [5.41, 5.74) is 1.83. The molecular formula is C13H19N3O2. The molecule has 1 aromatic rings. The van der Waals surface area contributed by atoms with Crippen molar-refractivity contribution in [3.05, 3.63) is 29.8 Å². The zero-order chi connectivity index (χ0) is 13.4. The number of hydrogen-bond acceptors (Lipinski definition) is 2. The Bertz CT molecular complexity index is 401. The van der Waals surface area contributed by atoms with Gasteiger partial charge in [0.1, 0.15) is 0 Å². The minimum Gasteiger partial charge on any atom is -0.355 e. The Morgan fingerprint density at radius 3 is 2.39 bits per heavy atom. The molecule has 3 amide bonds. The van der Waals surface area contributed by atoms with E-state index in [0.29, 0.717) is 12.2 Å². The van der Waals surface area contributed by atoms with Crippen molar-refractivity contribution in [2.24, 2.45) is 0 Å². The van der Waals surface area contributed by atoms with Crippen LogP contribution in [0.4, 0.5) is 10.5 Å². The molecule has 0 aliphatic heterocycles. The molecular weight excluding hydrogens is 230 g/mol. The average Bonchev–Trinajstić information content (AvgIpc) is 2.36. The van der Waals surface area contributed by atoms with Crippen molar-refractivity contribution in [3.8, 4) is 0 Å². The molecule has 0 bridgehead atoms. The van der Waals surface area contributed by atoms with Crippen LogP contribution in [-0.2, 0) is 4.79 Å². The van der Waals surface area contributed by atoms with Crippen LogP contribution in [0.5, 0.6) is 0 Å². The number of amides is 3. The molecule has 0 saturated carbocycles. The molecule has 0 spiro atoms. The molecule has 1 aromatic carbocycles. The number of hydrogen-bond donors (Lipinski definition) is 3. The van der Waals surface area contributed by atoms with E-state index in [4.69, 9.17) is 0 Å². The van der Waals surface area contributed by atoms with Crippen LogP contribution in [0.25, 0.3) is 0 Å². The van der Waals surface area contributed by atoms with Crippen LogP contribution in [0.2, 0.25) is 0 Å². The standard InChI is InChI=1S/C13H19N3O2/c1-3-8-14-12(17)9-15-13(18)16-11-6-4-10(2)5-7-11/h4-7H,3,8-9H2,1-2H3,(H,14,17)(H2,15,16,18). The number of urea groups is 1. The number of anilines is 1. The van der Waals surface area contributed by atoms with Gasteiger partial charge in [0.25, 0.3) is 0 Å². The number of rotatable bonds is 5. The smallest absolute Gasteiger partial charge is 0.319 e. The van der Waals surface area contributed by atoms with E-state index in [2.05, 4.69) is 16.0 Å². The molecule has 0 radical (unpaired) electrons. The maximum absolute atomic E-state index is 11.5. The third kappa shape index (κ3) is 5.34. The van der Waals surface area contributed by atoms with Crippen LogP contribution in [-0.4, -0.2) is 25.0 Å². The number of carbonyl (C=O) groups is 2. The molecule has 1 rings (SSSR count). The van der Waals surface area contributed by atoms with E-state index < -0.39 is 0 Å². The largest absolute Gasteiger partial charge is 0.355 e. The van der Waals surface area contributed by atoms with Gasteiger partial charge in [-0.1, -0.05) is 24.6 Å². The number of aryl methyl sites for hydroxylation is 1. The summed E-state index contributed by atoms with van der Waals surface area (Å²) in [6, 6.07) is 7.05. The van der Waals surface area contributed by atoms with Gasteiger partial charge >= 0.3 is 6.03 Å². The maximum atomic E-state index is 11.5. The molecule has 5 heteroatoms. The summed E-state index contributed by atoms with van der Waals surface area (Å²) >= 11 is 0. The first-order valence-electron chi connectivity index (χ1n) is 6.00. The predicted molar refractivity (Wildman–Crippen MR) is 71.5 cm³/mol. The van der Waals surface area contributed by atoms with E-state index in [1.807, 2.05) is 38.1 Å². The van der Waals surface area contributed by atoms with Crippen molar-refractivity contribution < 1.29 is 9.59 Å². The summed E-state index contributed by atoms with van der Waals surface area (Å²) in [4.78, 5) is 22.7. The molecule has 5 nitrogen and oxygen atoms in total. The van der Waals surface area contributed by atoms with E-state index in [9.17, 15) is 9.59 Å². The summed E-state index contributed by atoms with van der Waals surface area (Å²) in [7, 11) is 0. The van der Waals surface area contributed by atoms with E-state index in [0.717, 1.165) is 12.0 Å². The SMILES string of the molecule is CCCNC(=O)CNC(=O)Nc1ccc(C)cc1. The van der Waals surface area contributed by atoms with Gasteiger partial charge in [-0.05, 0) is 25.5 Å². The van der Waals surface area contributed by atoms with Gasteiger partial charge in [0.2, 0.25) is 5.91 Å². The minimum absolute atomic E-state index is 0.0162. The minimum atomic E-state index is -0.384. The van der Waals surface area contributed by atoms with E-state index >= 15 is 0 Å². The summed E-state index contributed by atoms with van der Waals surface area (Å²) in [6.07, 6.45) is 0.876. The fraction of sp³-hybridized carbons (Fsp3) is 0.385. The lowest BCUT2D eigenvalue weighted by atomic mass is 10.2. The fourth-order valence-corrected chi connectivity index (χ4v) is 1.30. The van der Waals surface area contributed by atoms with Gasteiger partial charge < -0.3 is 16.0 Å². The lowest BCUT2D eigenvalue weighted by Gasteiger charge is -2.08. The third-order valence-corrected chi connectivity index (χ3v) is 2.29. The van der Waals surface area contributed by atoms with Gasteiger partial charge in [0.05, 0.1) is 6.54 Å². The fourth-order valence-electron chi connectivity index (χ4n) is 1.30. The highest BCUT2D eigenvalue weighted by Crippen LogP contribution is 2.07. The van der Waals surface area contributed by atoms with Gasteiger partial charge in [-0.3, -0.25) is 4.79 Å². The first kappa shape index (κ1) is 14.0.